The number of rotatable bonds is 4. The SMILES string of the molecule is CCOC(=O)c1cccnc1NC1CCCSC1. The molecule has 0 spiro atoms. The Bertz CT molecular complexity index is 406. The standard InChI is InChI=1S/C13H18N2O2S/c1-2-17-13(16)11-6-3-7-14-12(11)15-10-5-4-8-18-9-10/h3,6-7,10H,2,4-5,8-9H2,1H3,(H,14,15). The fraction of sp³-hybridized carbons (Fsp3) is 0.538. The van der Waals surface area contributed by atoms with Crippen molar-refractivity contribution in [2.45, 2.75) is 25.8 Å². The fourth-order valence-electron chi connectivity index (χ4n) is 1.94. The highest BCUT2D eigenvalue weighted by atomic mass is 32.2. The van der Waals surface area contributed by atoms with E-state index in [0.29, 0.717) is 24.0 Å². The van der Waals surface area contributed by atoms with Crippen molar-refractivity contribution in [1.29, 1.82) is 0 Å². The molecule has 1 aromatic heterocycles. The lowest BCUT2D eigenvalue weighted by atomic mass is 10.1. The van der Waals surface area contributed by atoms with E-state index in [9.17, 15) is 4.79 Å². The monoisotopic (exact) mass is 266 g/mol. The minimum absolute atomic E-state index is 0.309. The van der Waals surface area contributed by atoms with Crippen LogP contribution in [0.4, 0.5) is 5.82 Å². The van der Waals surface area contributed by atoms with Crippen LogP contribution in [0.25, 0.3) is 0 Å². The van der Waals surface area contributed by atoms with Gasteiger partial charge < -0.3 is 10.1 Å². The molecule has 0 amide bonds. The first kappa shape index (κ1) is 13.2. The maximum atomic E-state index is 11.8. The Labute approximate surface area is 112 Å². The number of esters is 1. The van der Waals surface area contributed by atoms with Gasteiger partial charge in [-0.1, -0.05) is 0 Å². The highest BCUT2D eigenvalue weighted by molar-refractivity contribution is 7.99. The van der Waals surface area contributed by atoms with Gasteiger partial charge >= 0.3 is 5.97 Å². The predicted molar refractivity (Wildman–Crippen MR) is 74.2 cm³/mol. The number of nitrogens with one attached hydrogen (secondary N) is 1. The Morgan fingerprint density at radius 3 is 3.28 bits per heavy atom. The molecule has 1 saturated heterocycles. The highest BCUT2D eigenvalue weighted by Gasteiger charge is 2.18. The number of anilines is 1. The molecule has 0 saturated carbocycles. The van der Waals surface area contributed by atoms with Gasteiger partial charge in [0.15, 0.2) is 0 Å². The third kappa shape index (κ3) is 3.38. The van der Waals surface area contributed by atoms with Gasteiger partial charge in [-0.2, -0.15) is 11.8 Å². The summed E-state index contributed by atoms with van der Waals surface area (Å²) in [5.74, 6) is 2.63. The van der Waals surface area contributed by atoms with Crippen molar-refractivity contribution in [3.05, 3.63) is 23.9 Å². The van der Waals surface area contributed by atoms with E-state index >= 15 is 0 Å². The first-order chi connectivity index (χ1) is 8.81. The van der Waals surface area contributed by atoms with E-state index < -0.39 is 0 Å². The van der Waals surface area contributed by atoms with E-state index in [-0.39, 0.29) is 5.97 Å². The van der Waals surface area contributed by atoms with E-state index in [2.05, 4.69) is 10.3 Å². The zero-order valence-electron chi connectivity index (χ0n) is 10.5. The van der Waals surface area contributed by atoms with Gasteiger partial charge in [0.05, 0.1) is 6.61 Å². The molecule has 0 radical (unpaired) electrons. The number of pyridine rings is 1. The van der Waals surface area contributed by atoms with Gasteiger partial charge in [-0.25, -0.2) is 9.78 Å². The molecular weight excluding hydrogens is 248 g/mol. The predicted octanol–water partition coefficient (Wildman–Crippen LogP) is 2.57. The van der Waals surface area contributed by atoms with Crippen molar-refractivity contribution in [1.82, 2.24) is 4.98 Å². The number of hydrogen-bond acceptors (Lipinski definition) is 5. The zero-order valence-corrected chi connectivity index (χ0v) is 11.3. The van der Waals surface area contributed by atoms with Gasteiger partial charge in [0.1, 0.15) is 11.4 Å². The van der Waals surface area contributed by atoms with Gasteiger partial charge in [0, 0.05) is 18.0 Å². The van der Waals surface area contributed by atoms with Gasteiger partial charge in [0.25, 0.3) is 0 Å². The van der Waals surface area contributed by atoms with Crippen LogP contribution in [0.1, 0.15) is 30.1 Å². The average molecular weight is 266 g/mol. The van der Waals surface area contributed by atoms with E-state index in [1.54, 1.807) is 25.3 Å². The summed E-state index contributed by atoms with van der Waals surface area (Å²) in [6.07, 6.45) is 4.04. The van der Waals surface area contributed by atoms with Gasteiger partial charge in [-0.3, -0.25) is 0 Å². The maximum Gasteiger partial charge on any atom is 0.341 e. The lowest BCUT2D eigenvalue weighted by Gasteiger charge is -2.23. The minimum atomic E-state index is -0.309. The number of nitrogens with zero attached hydrogens (tertiary/aromatic N) is 1. The molecule has 5 heteroatoms. The normalized spacial score (nSPS) is 19.3. The van der Waals surface area contributed by atoms with Crippen LogP contribution in [0, 0.1) is 0 Å². The van der Waals surface area contributed by atoms with Crippen LogP contribution in [0.3, 0.4) is 0 Å². The molecule has 2 rings (SSSR count). The summed E-state index contributed by atoms with van der Waals surface area (Å²) in [4.78, 5) is 16.1. The van der Waals surface area contributed by atoms with Crippen molar-refractivity contribution >= 4 is 23.5 Å². The summed E-state index contributed by atoms with van der Waals surface area (Å²) in [6.45, 7) is 2.19. The number of carbonyl (C=O) groups excluding carboxylic acids is 1. The molecule has 1 N–H and O–H groups in total. The molecule has 4 nitrogen and oxygen atoms in total. The molecule has 1 aliphatic heterocycles. The van der Waals surface area contributed by atoms with Crippen molar-refractivity contribution in [3.63, 3.8) is 0 Å². The molecular formula is C13H18N2O2S. The molecule has 1 aliphatic rings. The van der Waals surface area contributed by atoms with Crippen LogP contribution in [-0.2, 0) is 4.74 Å². The Kier molecular flexibility index (Phi) is 4.87. The Morgan fingerprint density at radius 2 is 2.56 bits per heavy atom. The molecule has 0 aliphatic carbocycles. The molecule has 2 heterocycles. The van der Waals surface area contributed by atoms with Crippen LogP contribution < -0.4 is 5.32 Å². The van der Waals surface area contributed by atoms with Crippen LogP contribution in [0.2, 0.25) is 0 Å². The molecule has 1 aromatic rings. The molecule has 0 aromatic carbocycles. The Hall–Kier alpha value is -1.23. The topological polar surface area (TPSA) is 51.2 Å². The summed E-state index contributed by atoms with van der Waals surface area (Å²) >= 11 is 1.94. The van der Waals surface area contributed by atoms with Crippen molar-refractivity contribution < 1.29 is 9.53 Å². The fourth-order valence-corrected chi connectivity index (χ4v) is 3.01. The highest BCUT2D eigenvalue weighted by Crippen LogP contribution is 2.22. The third-order valence-electron chi connectivity index (χ3n) is 2.80. The molecule has 98 valence electrons. The zero-order chi connectivity index (χ0) is 12.8. The smallest absolute Gasteiger partial charge is 0.341 e. The third-order valence-corrected chi connectivity index (χ3v) is 4.02. The van der Waals surface area contributed by atoms with E-state index in [0.717, 1.165) is 12.2 Å². The van der Waals surface area contributed by atoms with Crippen LogP contribution >= 0.6 is 11.8 Å². The molecule has 0 bridgehead atoms. The first-order valence-electron chi connectivity index (χ1n) is 6.27. The largest absolute Gasteiger partial charge is 0.462 e. The Balaban J connectivity index is 2.08. The van der Waals surface area contributed by atoms with Crippen molar-refractivity contribution in [2.24, 2.45) is 0 Å². The van der Waals surface area contributed by atoms with Gasteiger partial charge in [-0.05, 0) is 37.7 Å². The maximum absolute atomic E-state index is 11.8. The number of carbonyl (C=O) groups is 1. The molecule has 1 fully saturated rings. The summed E-state index contributed by atoms with van der Waals surface area (Å²) in [6, 6.07) is 3.91. The van der Waals surface area contributed by atoms with Crippen LogP contribution in [0.15, 0.2) is 18.3 Å². The molecule has 1 atom stereocenters. The molecule has 18 heavy (non-hydrogen) atoms. The minimum Gasteiger partial charge on any atom is -0.462 e. The summed E-state index contributed by atoms with van der Waals surface area (Å²) < 4.78 is 5.03. The van der Waals surface area contributed by atoms with Crippen LogP contribution in [-0.4, -0.2) is 35.1 Å². The summed E-state index contributed by atoms with van der Waals surface area (Å²) in [5.41, 5.74) is 0.523. The second-order valence-electron chi connectivity index (χ2n) is 4.18. The second-order valence-corrected chi connectivity index (χ2v) is 5.33. The van der Waals surface area contributed by atoms with E-state index in [1.807, 2.05) is 11.8 Å². The Morgan fingerprint density at radius 1 is 1.67 bits per heavy atom. The number of ether oxygens (including phenoxy) is 1. The first-order valence-corrected chi connectivity index (χ1v) is 7.43. The van der Waals surface area contributed by atoms with Gasteiger partial charge in [-0.15, -0.1) is 0 Å². The number of aromatic nitrogens is 1. The number of thioether (sulfide) groups is 1. The quantitative estimate of drug-likeness (QED) is 0.849. The van der Waals surface area contributed by atoms with Gasteiger partial charge in [0.2, 0.25) is 0 Å². The number of hydrogen-bond donors (Lipinski definition) is 1. The van der Waals surface area contributed by atoms with Crippen LogP contribution in [0.5, 0.6) is 0 Å². The summed E-state index contributed by atoms with van der Waals surface area (Å²) in [7, 11) is 0. The second kappa shape index (κ2) is 6.64. The average Bonchev–Trinajstić information content (AvgIpc) is 2.41. The van der Waals surface area contributed by atoms with E-state index in [4.69, 9.17) is 4.74 Å². The van der Waals surface area contributed by atoms with E-state index in [1.165, 1.54) is 12.2 Å². The lowest BCUT2D eigenvalue weighted by Crippen LogP contribution is -2.27. The summed E-state index contributed by atoms with van der Waals surface area (Å²) in [5, 5.41) is 3.36. The molecule has 1 unspecified atom stereocenters. The lowest BCUT2D eigenvalue weighted by molar-refractivity contribution is 0.0527. The van der Waals surface area contributed by atoms with Crippen molar-refractivity contribution in [2.75, 3.05) is 23.4 Å². The van der Waals surface area contributed by atoms with Crippen molar-refractivity contribution in [3.8, 4) is 0 Å².